The lowest BCUT2D eigenvalue weighted by atomic mass is 10.1. The monoisotopic (exact) mass is 532 g/mol. The number of aryl methyl sites for hydroxylation is 2. The highest BCUT2D eigenvalue weighted by molar-refractivity contribution is 7.94. The molecule has 0 saturated heterocycles. The zero-order valence-corrected chi connectivity index (χ0v) is 21.5. The summed E-state index contributed by atoms with van der Waals surface area (Å²) in [5.74, 6) is 0. The van der Waals surface area contributed by atoms with Crippen LogP contribution in [-0.2, 0) is 20.0 Å². The minimum Gasteiger partial charge on any atom is -0.573 e. The van der Waals surface area contributed by atoms with Gasteiger partial charge in [-0.1, -0.05) is 64.8 Å². The molecular formula is C27H22N3O5S2-. The largest absolute Gasteiger partial charge is 0.573 e. The molecule has 4 aromatic rings. The van der Waals surface area contributed by atoms with E-state index in [4.69, 9.17) is 0 Å². The molecule has 0 heterocycles. The molecule has 0 spiro atoms. The van der Waals surface area contributed by atoms with E-state index < -0.39 is 20.0 Å². The summed E-state index contributed by atoms with van der Waals surface area (Å²) in [7, 11) is -7.99. The highest BCUT2D eigenvalue weighted by Gasteiger charge is 2.29. The molecule has 0 atom stereocenters. The van der Waals surface area contributed by atoms with E-state index in [0.717, 1.165) is 11.1 Å². The summed E-state index contributed by atoms with van der Waals surface area (Å²) in [6.07, 6.45) is 0. The molecule has 4 aromatic carbocycles. The van der Waals surface area contributed by atoms with Crippen molar-refractivity contribution in [3.05, 3.63) is 112 Å². The molecule has 0 radical (unpaired) electrons. The van der Waals surface area contributed by atoms with Crippen LogP contribution in [0.1, 0.15) is 22.3 Å². The molecule has 37 heavy (non-hydrogen) atoms. The van der Waals surface area contributed by atoms with Crippen molar-refractivity contribution in [2.24, 2.45) is 5.16 Å². The fourth-order valence-electron chi connectivity index (χ4n) is 4.12. The van der Waals surface area contributed by atoms with Gasteiger partial charge in [0.2, 0.25) is 0 Å². The number of nitrogens with one attached hydrogen (secondary N) is 1. The van der Waals surface area contributed by atoms with Crippen LogP contribution in [0.2, 0.25) is 0 Å². The second-order valence-corrected chi connectivity index (χ2v) is 12.0. The standard InChI is InChI=1S/C27H22N3O5S2/c1-17-3-7-19(8-4-17)29-36(32,33)21-11-13-23-24-14-12-22(16-26(24)27(28-31)25(23)15-21)37(34,35)30-20-9-5-18(2)6-10-20/h3-16,29,31H,1-2H3/q-1. The highest BCUT2D eigenvalue weighted by Crippen LogP contribution is 2.40. The van der Waals surface area contributed by atoms with Crippen molar-refractivity contribution >= 4 is 37.1 Å². The fraction of sp³-hybridized carbons (Fsp3) is 0.0741. The molecule has 0 bridgehead atoms. The number of anilines is 1. The van der Waals surface area contributed by atoms with Gasteiger partial charge in [0, 0.05) is 16.8 Å². The molecule has 10 heteroatoms. The first-order valence-electron chi connectivity index (χ1n) is 11.2. The Hall–Kier alpha value is -4.15. The Balaban J connectivity index is 1.49. The molecule has 1 aliphatic rings. The maximum absolute atomic E-state index is 13.0. The lowest BCUT2D eigenvalue weighted by Crippen LogP contribution is -2.13. The Bertz CT molecular complexity index is 1630. The minimum atomic E-state index is -4.05. The van der Waals surface area contributed by atoms with Crippen LogP contribution >= 0.6 is 0 Å². The average molecular weight is 533 g/mol. The van der Waals surface area contributed by atoms with Gasteiger partial charge in [0.1, 0.15) is 15.7 Å². The number of hydrogen-bond acceptors (Lipinski definition) is 6. The fourth-order valence-corrected chi connectivity index (χ4v) is 6.22. The lowest BCUT2D eigenvalue weighted by Gasteiger charge is -2.22. The maximum atomic E-state index is 13.0. The third kappa shape index (κ3) is 4.68. The van der Waals surface area contributed by atoms with E-state index in [1.54, 1.807) is 60.7 Å². The number of rotatable bonds is 6. The van der Waals surface area contributed by atoms with Gasteiger partial charge >= 0.3 is 0 Å². The summed E-state index contributed by atoms with van der Waals surface area (Å²) in [5, 5.41) is 13.2. The van der Waals surface area contributed by atoms with Crippen molar-refractivity contribution in [2.75, 3.05) is 4.72 Å². The average Bonchev–Trinajstić information content (AvgIpc) is 3.19. The molecule has 2 N–H and O–H groups in total. The number of hydrogen-bond donors (Lipinski definition) is 2. The zero-order valence-electron chi connectivity index (χ0n) is 19.9. The van der Waals surface area contributed by atoms with Crippen LogP contribution in [0.25, 0.3) is 15.8 Å². The number of nitrogens with zero attached hydrogens (tertiary/aromatic N) is 2. The van der Waals surface area contributed by atoms with Crippen molar-refractivity contribution in [1.29, 1.82) is 0 Å². The van der Waals surface area contributed by atoms with E-state index >= 15 is 0 Å². The summed E-state index contributed by atoms with van der Waals surface area (Å²) >= 11 is 0. The molecule has 0 aliphatic heterocycles. The number of sulfonamides is 2. The molecule has 8 nitrogen and oxygen atoms in total. The first-order chi connectivity index (χ1) is 17.6. The summed E-state index contributed by atoms with van der Waals surface area (Å²) in [6, 6.07) is 22.6. The first-order valence-corrected chi connectivity index (χ1v) is 14.2. The van der Waals surface area contributed by atoms with Crippen LogP contribution in [0.3, 0.4) is 0 Å². The molecule has 188 valence electrons. The van der Waals surface area contributed by atoms with Gasteiger partial charge in [-0.3, -0.25) is 4.72 Å². The molecule has 1 aliphatic carbocycles. The van der Waals surface area contributed by atoms with Crippen molar-refractivity contribution in [3.63, 3.8) is 0 Å². The number of fused-ring (bicyclic) bond motifs is 3. The van der Waals surface area contributed by atoms with Crippen LogP contribution in [0.15, 0.2) is 99.9 Å². The lowest BCUT2D eigenvalue weighted by molar-refractivity contribution is 0.320. The van der Waals surface area contributed by atoms with Gasteiger partial charge in [-0.15, -0.1) is 5.69 Å². The summed E-state index contributed by atoms with van der Waals surface area (Å²) in [5.41, 5.74) is 4.72. The van der Waals surface area contributed by atoms with Crippen molar-refractivity contribution in [1.82, 2.24) is 0 Å². The zero-order chi connectivity index (χ0) is 26.4. The van der Waals surface area contributed by atoms with Crippen LogP contribution in [-0.4, -0.2) is 27.8 Å². The van der Waals surface area contributed by atoms with Crippen LogP contribution < -0.4 is 4.72 Å². The van der Waals surface area contributed by atoms with E-state index in [1.165, 1.54) is 24.3 Å². The van der Waals surface area contributed by atoms with Crippen molar-refractivity contribution in [2.45, 2.75) is 23.6 Å². The summed E-state index contributed by atoms with van der Waals surface area (Å²) in [4.78, 5) is -0.0994. The molecule has 0 aromatic heterocycles. The number of benzene rings is 4. The van der Waals surface area contributed by atoms with E-state index in [2.05, 4.69) is 14.6 Å². The Kier molecular flexibility index (Phi) is 6.01. The number of oxime groups is 1. The minimum absolute atomic E-state index is 0.0250. The van der Waals surface area contributed by atoms with E-state index in [0.29, 0.717) is 33.6 Å². The van der Waals surface area contributed by atoms with Gasteiger partial charge in [-0.05, 0) is 61.4 Å². The molecular weight excluding hydrogens is 510 g/mol. The smallest absolute Gasteiger partial charge is 0.261 e. The van der Waals surface area contributed by atoms with Crippen LogP contribution in [0.5, 0.6) is 0 Å². The second-order valence-electron chi connectivity index (χ2n) is 8.74. The van der Waals surface area contributed by atoms with E-state index in [9.17, 15) is 22.0 Å². The molecule has 5 rings (SSSR count). The van der Waals surface area contributed by atoms with E-state index in [-0.39, 0.29) is 15.5 Å². The van der Waals surface area contributed by atoms with Crippen molar-refractivity contribution < 1.29 is 22.0 Å². The third-order valence-electron chi connectivity index (χ3n) is 6.05. The predicted octanol–water partition coefficient (Wildman–Crippen LogP) is 5.71. The van der Waals surface area contributed by atoms with Gasteiger partial charge in [0.25, 0.3) is 10.0 Å². The topological polar surface area (TPSA) is 127 Å². The Morgan fingerprint density at radius 1 is 0.676 bits per heavy atom. The Morgan fingerprint density at radius 2 is 1.19 bits per heavy atom. The van der Waals surface area contributed by atoms with E-state index in [1.807, 2.05) is 13.8 Å². The highest BCUT2D eigenvalue weighted by atomic mass is 32.2. The molecule has 0 saturated carbocycles. The van der Waals surface area contributed by atoms with Crippen molar-refractivity contribution in [3.8, 4) is 11.1 Å². The molecule has 0 fully saturated rings. The van der Waals surface area contributed by atoms with Gasteiger partial charge in [0.15, 0.2) is 0 Å². The quantitative estimate of drug-likeness (QED) is 0.214. The summed E-state index contributed by atoms with van der Waals surface area (Å²) < 4.78 is 58.5. The molecule has 0 amide bonds. The second kappa shape index (κ2) is 9.06. The molecule has 0 unspecified atom stereocenters. The SMILES string of the molecule is Cc1ccc([N-]S(=O)(=O)c2ccc3c(c2)C(=NO)c2cc(S(=O)(=O)Nc4ccc(C)cc4)ccc2-3)cc1. The van der Waals surface area contributed by atoms with Gasteiger partial charge in [-0.25, -0.2) is 16.8 Å². The predicted molar refractivity (Wildman–Crippen MR) is 143 cm³/mol. The Morgan fingerprint density at radius 3 is 1.76 bits per heavy atom. The summed E-state index contributed by atoms with van der Waals surface area (Å²) in [6.45, 7) is 3.79. The maximum Gasteiger partial charge on any atom is 0.261 e. The van der Waals surface area contributed by atoms with Gasteiger partial charge in [-0.2, -0.15) is 0 Å². The van der Waals surface area contributed by atoms with Gasteiger partial charge < -0.3 is 9.93 Å². The van der Waals surface area contributed by atoms with Gasteiger partial charge in [0.05, 0.1) is 9.79 Å². The Labute approximate surface area is 215 Å². The first kappa shape index (κ1) is 24.5. The van der Waals surface area contributed by atoms with Crippen LogP contribution in [0.4, 0.5) is 11.4 Å². The van der Waals surface area contributed by atoms with Crippen LogP contribution in [0, 0.1) is 13.8 Å². The normalized spacial score (nSPS) is 13.7. The third-order valence-corrected chi connectivity index (χ3v) is 8.73.